The number of nitrogens with zero attached hydrogens (tertiary/aromatic N) is 4. The fourth-order valence-corrected chi connectivity index (χ4v) is 7.19. The van der Waals surface area contributed by atoms with Gasteiger partial charge in [0.1, 0.15) is 46.6 Å². The molecule has 0 bridgehead atoms. The number of benzene rings is 4. The van der Waals surface area contributed by atoms with E-state index in [0.717, 1.165) is 47.0 Å². The van der Waals surface area contributed by atoms with E-state index in [2.05, 4.69) is 0 Å². The van der Waals surface area contributed by atoms with Crippen LogP contribution in [0.5, 0.6) is 0 Å². The monoisotopic (exact) mass is 760 g/mol. The van der Waals surface area contributed by atoms with Gasteiger partial charge in [-0.1, -0.05) is 95.6 Å². The van der Waals surface area contributed by atoms with Crippen molar-refractivity contribution in [3.8, 4) is 24.3 Å². The summed E-state index contributed by atoms with van der Waals surface area (Å²) in [4.78, 5) is 2.75. The molecular weight excluding hydrogens is 729 g/mol. The summed E-state index contributed by atoms with van der Waals surface area (Å²) in [6.45, 7) is 0. The number of para-hydroxylation sites is 4. The third-order valence-corrected chi connectivity index (χ3v) is 10.6. The molecule has 0 aliphatic heterocycles. The van der Waals surface area contributed by atoms with E-state index in [1.54, 1.807) is 72.8 Å². The van der Waals surface area contributed by atoms with E-state index in [9.17, 15) is 21.0 Å². The molecule has 0 saturated heterocycles. The summed E-state index contributed by atoms with van der Waals surface area (Å²) < 4.78 is 0. The van der Waals surface area contributed by atoms with E-state index in [4.69, 9.17) is 45.9 Å². The molecule has 0 aliphatic rings. The quantitative estimate of drug-likeness (QED) is 0.0383. The lowest BCUT2D eigenvalue weighted by Crippen LogP contribution is -2.06. The predicted molar refractivity (Wildman–Crippen MR) is 214 cm³/mol. The topological polar surface area (TPSA) is 303 Å². The second-order valence-electron chi connectivity index (χ2n) is 9.96. The van der Waals surface area contributed by atoms with Crippen molar-refractivity contribution >= 4 is 69.8 Å². The Morgan fingerprint density at radius 1 is 0.346 bits per heavy atom. The average molecular weight is 761 g/mol. The number of nitrogens with two attached hydrogens (primary N) is 8. The van der Waals surface area contributed by atoms with Crippen LogP contribution in [0.3, 0.4) is 0 Å². The highest BCUT2D eigenvalue weighted by Crippen LogP contribution is 2.37. The molecule has 4 aromatic rings. The van der Waals surface area contributed by atoms with Gasteiger partial charge < -0.3 is 45.9 Å². The summed E-state index contributed by atoms with van der Waals surface area (Å²) in [7, 11) is 0. The number of anilines is 4. The van der Waals surface area contributed by atoms with Crippen LogP contribution < -0.4 is 45.9 Å². The Morgan fingerprint density at radius 3 is 0.673 bits per heavy atom. The van der Waals surface area contributed by atoms with Crippen LogP contribution in [0.1, 0.15) is 0 Å². The van der Waals surface area contributed by atoms with Gasteiger partial charge in [0.05, 0.1) is 20.1 Å². The maximum atomic E-state index is 9.51. The van der Waals surface area contributed by atoms with Gasteiger partial charge >= 0.3 is 0 Å². The van der Waals surface area contributed by atoms with Crippen molar-refractivity contribution < 1.29 is 0 Å². The van der Waals surface area contributed by atoms with Crippen LogP contribution in [0.25, 0.3) is 0 Å². The molecule has 16 N–H and O–H groups in total. The first kappa shape index (κ1) is 40.0. The molecular formula is C36H32N12S4. The molecule has 4 aromatic carbocycles. The molecule has 0 aliphatic carbocycles. The molecule has 16 heteroatoms. The molecule has 0 amide bonds. The standard InChI is InChI=1S/2C18H16N6S2/c2*19-9-11(17(23)25-15-7-3-1-5-13(15)21)12(10-20)18(24)26-16-8-4-2-6-14(16)22/h2*1-8H,21-24H2. The predicted octanol–water partition coefficient (Wildman–Crippen LogP) is 6.25. The summed E-state index contributed by atoms with van der Waals surface area (Å²) >= 11 is 4.43. The zero-order chi connectivity index (χ0) is 38.2. The van der Waals surface area contributed by atoms with Crippen LogP contribution in [-0.4, -0.2) is 0 Å². The highest BCUT2D eigenvalue weighted by atomic mass is 32.2. The number of nitriles is 4. The second kappa shape index (κ2) is 19.7. The highest BCUT2D eigenvalue weighted by molar-refractivity contribution is 8.04. The van der Waals surface area contributed by atoms with Crippen molar-refractivity contribution in [1.82, 2.24) is 0 Å². The van der Waals surface area contributed by atoms with Crippen LogP contribution >= 0.6 is 47.0 Å². The van der Waals surface area contributed by atoms with Crippen LogP contribution in [0.15, 0.2) is 159 Å². The lowest BCUT2D eigenvalue weighted by molar-refractivity contribution is 1.34. The Labute approximate surface area is 318 Å². The molecule has 0 spiro atoms. The first-order valence-corrected chi connectivity index (χ1v) is 17.9. The van der Waals surface area contributed by atoms with Crippen LogP contribution in [0, 0.1) is 45.3 Å². The first-order valence-electron chi connectivity index (χ1n) is 14.6. The Hall–Kier alpha value is -6.40. The van der Waals surface area contributed by atoms with E-state index in [1.165, 1.54) is 0 Å². The molecule has 4 rings (SSSR count). The van der Waals surface area contributed by atoms with E-state index in [-0.39, 0.29) is 42.4 Å². The maximum absolute atomic E-state index is 9.51. The molecule has 0 fully saturated rings. The number of nitrogen functional groups attached to an aromatic ring is 4. The van der Waals surface area contributed by atoms with Gasteiger partial charge in [-0.25, -0.2) is 0 Å². The van der Waals surface area contributed by atoms with Gasteiger partial charge in [-0.15, -0.1) is 0 Å². The molecule has 0 saturated carbocycles. The van der Waals surface area contributed by atoms with Gasteiger partial charge in [-0.3, -0.25) is 0 Å². The van der Waals surface area contributed by atoms with Gasteiger partial charge in [0.2, 0.25) is 0 Å². The largest absolute Gasteiger partial charge is 0.398 e. The zero-order valence-corrected chi connectivity index (χ0v) is 30.5. The smallest absolute Gasteiger partial charge is 0.103 e. The molecule has 0 unspecified atom stereocenters. The lowest BCUT2D eigenvalue weighted by atomic mass is 10.1. The van der Waals surface area contributed by atoms with Crippen LogP contribution in [-0.2, 0) is 0 Å². The Balaban J connectivity index is 0.000000280. The summed E-state index contributed by atoms with van der Waals surface area (Å²) in [5.74, 6) is 0. The second-order valence-corrected chi connectivity index (χ2v) is 14.3. The maximum Gasteiger partial charge on any atom is 0.103 e. The van der Waals surface area contributed by atoms with Crippen molar-refractivity contribution in [3.63, 3.8) is 0 Å². The average Bonchev–Trinajstić information content (AvgIpc) is 3.13. The highest BCUT2D eigenvalue weighted by Gasteiger charge is 2.18. The Kier molecular flexibility index (Phi) is 15.2. The zero-order valence-electron chi connectivity index (χ0n) is 27.3. The van der Waals surface area contributed by atoms with E-state index in [1.807, 2.05) is 48.5 Å². The lowest BCUT2D eigenvalue weighted by Gasteiger charge is -2.10. The summed E-state index contributed by atoms with van der Waals surface area (Å²) in [5, 5.41) is 38.6. The van der Waals surface area contributed by atoms with E-state index >= 15 is 0 Å². The van der Waals surface area contributed by atoms with E-state index < -0.39 is 0 Å². The molecule has 52 heavy (non-hydrogen) atoms. The van der Waals surface area contributed by atoms with Crippen LogP contribution in [0.2, 0.25) is 0 Å². The normalized spacial score (nSPS) is 12.4. The molecule has 0 atom stereocenters. The fraction of sp³-hybridized carbons (Fsp3) is 0. The van der Waals surface area contributed by atoms with E-state index in [0.29, 0.717) is 42.3 Å². The molecule has 12 nitrogen and oxygen atoms in total. The minimum Gasteiger partial charge on any atom is -0.398 e. The fourth-order valence-electron chi connectivity index (χ4n) is 3.91. The number of hydrogen-bond acceptors (Lipinski definition) is 16. The first-order chi connectivity index (χ1) is 24.9. The molecule has 0 aromatic heterocycles. The Bertz CT molecular complexity index is 1930. The Morgan fingerprint density at radius 2 is 0.519 bits per heavy atom. The third kappa shape index (κ3) is 10.8. The number of thioether (sulfide) groups is 4. The van der Waals surface area contributed by atoms with Gasteiger partial charge in [0.25, 0.3) is 0 Å². The molecule has 0 radical (unpaired) electrons. The summed E-state index contributed by atoms with van der Waals surface area (Å²) in [6.07, 6.45) is 0. The van der Waals surface area contributed by atoms with Crippen LogP contribution in [0.4, 0.5) is 22.7 Å². The minimum absolute atomic E-state index is 0.000237. The van der Waals surface area contributed by atoms with Crippen molar-refractivity contribution in [2.24, 2.45) is 22.9 Å². The van der Waals surface area contributed by atoms with Crippen molar-refractivity contribution in [2.75, 3.05) is 22.9 Å². The van der Waals surface area contributed by atoms with Crippen molar-refractivity contribution in [3.05, 3.63) is 139 Å². The number of hydrogen-bond donors (Lipinski definition) is 8. The van der Waals surface area contributed by atoms with Gasteiger partial charge in [-0.05, 0) is 48.5 Å². The summed E-state index contributed by atoms with van der Waals surface area (Å²) in [5.41, 5.74) is 49.9. The van der Waals surface area contributed by atoms with Gasteiger partial charge in [0, 0.05) is 42.3 Å². The van der Waals surface area contributed by atoms with Gasteiger partial charge in [0.15, 0.2) is 0 Å². The third-order valence-electron chi connectivity index (χ3n) is 6.49. The molecule has 0 heterocycles. The summed E-state index contributed by atoms with van der Waals surface area (Å²) in [6, 6.07) is 36.3. The number of rotatable bonds is 10. The molecule has 260 valence electrons. The van der Waals surface area contributed by atoms with Gasteiger partial charge in [-0.2, -0.15) is 21.0 Å². The SMILES string of the molecule is N#CC(=C(N)Sc1ccccc1N)C(C#N)=C(N)Sc1ccccc1N.N#CC(=C(N)Sc1ccccc1N)C(C#N)=C(N)Sc1ccccc1N. The van der Waals surface area contributed by atoms with Crippen molar-refractivity contribution in [1.29, 1.82) is 21.0 Å². The minimum atomic E-state index is 0.000237. The number of allylic oxidation sites excluding steroid dienone is 4. The van der Waals surface area contributed by atoms with Crippen molar-refractivity contribution in [2.45, 2.75) is 19.6 Å².